The van der Waals surface area contributed by atoms with Gasteiger partial charge in [0.25, 0.3) is 0 Å². The molecule has 0 unspecified atom stereocenters. The van der Waals surface area contributed by atoms with Crippen LogP contribution in [0, 0.1) is 6.92 Å². The molecule has 2 aliphatic rings. The second-order valence-electron chi connectivity index (χ2n) is 8.10. The van der Waals surface area contributed by atoms with E-state index in [-0.39, 0.29) is 17.8 Å². The molecule has 0 radical (unpaired) electrons. The van der Waals surface area contributed by atoms with Crippen LogP contribution in [-0.4, -0.2) is 43.1 Å². The highest BCUT2D eigenvalue weighted by atomic mass is 32.1. The summed E-state index contributed by atoms with van der Waals surface area (Å²) >= 11 is 1.58. The zero-order chi connectivity index (χ0) is 19.7. The molecule has 6 rings (SSSR count). The Bertz CT molecular complexity index is 1250. The quantitative estimate of drug-likeness (QED) is 0.521. The average molecular weight is 409 g/mol. The third-order valence-corrected chi connectivity index (χ3v) is 7.20. The van der Waals surface area contributed by atoms with E-state index in [0.717, 1.165) is 39.9 Å². The van der Waals surface area contributed by atoms with Crippen LogP contribution in [0.4, 0.5) is 4.39 Å². The number of benzene rings is 1. The van der Waals surface area contributed by atoms with E-state index in [4.69, 9.17) is 0 Å². The topological polar surface area (TPSA) is 75.9 Å². The summed E-state index contributed by atoms with van der Waals surface area (Å²) in [5.41, 5.74) is 2.70. The number of nitrogens with one attached hydrogen (secondary N) is 1. The highest BCUT2D eigenvalue weighted by Gasteiger charge is 2.43. The Morgan fingerprint density at radius 1 is 1.24 bits per heavy atom. The van der Waals surface area contributed by atoms with Crippen LogP contribution in [0.3, 0.4) is 0 Å². The van der Waals surface area contributed by atoms with Gasteiger partial charge in [0.2, 0.25) is 0 Å². The third-order valence-electron chi connectivity index (χ3n) is 6.26. The van der Waals surface area contributed by atoms with Crippen molar-refractivity contribution in [3.05, 3.63) is 35.5 Å². The summed E-state index contributed by atoms with van der Waals surface area (Å²) in [6.07, 6.45) is 3.70. The van der Waals surface area contributed by atoms with Crippen molar-refractivity contribution in [3.63, 3.8) is 0 Å². The Hall–Kier alpha value is -2.58. The van der Waals surface area contributed by atoms with Crippen LogP contribution in [0.5, 0.6) is 5.75 Å². The lowest BCUT2D eigenvalue weighted by atomic mass is 9.97. The van der Waals surface area contributed by atoms with Crippen LogP contribution in [-0.2, 0) is 0 Å². The molecule has 3 aromatic heterocycles. The van der Waals surface area contributed by atoms with Crippen molar-refractivity contribution in [2.24, 2.45) is 0 Å². The SMILES string of the molecule is Cc1nc2cc(O)c(-c3cc4ccn([C@H]5C[C@@H]6CC[C@@H](N6)[C@H]5F)c4nn3)cc2s1. The number of aryl methyl sites for hydroxylation is 1. The van der Waals surface area contributed by atoms with E-state index in [9.17, 15) is 5.11 Å². The second kappa shape index (κ2) is 6.21. The number of rotatable bonds is 2. The molecule has 5 heterocycles. The minimum absolute atomic E-state index is 0.0602. The molecule has 148 valence electrons. The Morgan fingerprint density at radius 3 is 3.03 bits per heavy atom. The summed E-state index contributed by atoms with van der Waals surface area (Å²) < 4.78 is 18.0. The molecule has 0 aliphatic carbocycles. The molecular formula is C21H20FN5OS. The molecule has 8 heteroatoms. The first-order valence-corrected chi connectivity index (χ1v) is 10.7. The van der Waals surface area contributed by atoms with Crippen LogP contribution in [0.2, 0.25) is 0 Å². The van der Waals surface area contributed by atoms with Gasteiger partial charge in [0.15, 0.2) is 5.65 Å². The van der Waals surface area contributed by atoms with Gasteiger partial charge < -0.3 is 15.0 Å². The lowest BCUT2D eigenvalue weighted by molar-refractivity contribution is 0.140. The van der Waals surface area contributed by atoms with E-state index in [2.05, 4.69) is 20.5 Å². The molecule has 6 nitrogen and oxygen atoms in total. The third kappa shape index (κ3) is 2.66. The summed E-state index contributed by atoms with van der Waals surface area (Å²) in [5.74, 6) is 0.134. The van der Waals surface area contributed by atoms with Crippen molar-refractivity contribution in [2.75, 3.05) is 0 Å². The molecule has 0 saturated carbocycles. The number of alkyl halides is 1. The van der Waals surface area contributed by atoms with Gasteiger partial charge in [-0.25, -0.2) is 9.37 Å². The maximum atomic E-state index is 15.0. The molecule has 4 aromatic rings. The number of aromatic hydroxyl groups is 1. The van der Waals surface area contributed by atoms with Crippen molar-refractivity contribution in [3.8, 4) is 17.0 Å². The summed E-state index contributed by atoms with van der Waals surface area (Å²) in [7, 11) is 0. The number of hydrogen-bond acceptors (Lipinski definition) is 6. The molecule has 2 saturated heterocycles. The van der Waals surface area contributed by atoms with Gasteiger partial charge >= 0.3 is 0 Å². The summed E-state index contributed by atoms with van der Waals surface area (Å²) in [6, 6.07) is 7.56. The molecule has 0 amide bonds. The fraction of sp³-hybridized carbons (Fsp3) is 0.381. The maximum Gasteiger partial charge on any atom is 0.162 e. The number of phenols is 1. The number of thiazole rings is 1. The molecule has 2 bridgehead atoms. The van der Waals surface area contributed by atoms with Gasteiger partial charge in [0.1, 0.15) is 11.9 Å². The highest BCUT2D eigenvalue weighted by Crippen LogP contribution is 2.39. The Balaban J connectivity index is 1.41. The van der Waals surface area contributed by atoms with Gasteiger partial charge in [-0.2, -0.15) is 0 Å². The average Bonchev–Trinajstić information content (AvgIpc) is 3.40. The minimum atomic E-state index is -0.924. The monoisotopic (exact) mass is 409 g/mol. The predicted molar refractivity (Wildman–Crippen MR) is 111 cm³/mol. The number of nitrogens with zero attached hydrogens (tertiary/aromatic N) is 4. The predicted octanol–water partition coefficient (Wildman–Crippen LogP) is 4.13. The van der Waals surface area contributed by atoms with Gasteiger partial charge in [-0.15, -0.1) is 21.5 Å². The molecular weight excluding hydrogens is 389 g/mol. The Labute approximate surface area is 170 Å². The first kappa shape index (κ1) is 17.3. The molecule has 1 aromatic carbocycles. The van der Waals surface area contributed by atoms with Crippen molar-refractivity contribution in [1.82, 2.24) is 25.1 Å². The van der Waals surface area contributed by atoms with Gasteiger partial charge in [-0.3, -0.25) is 0 Å². The van der Waals surface area contributed by atoms with Gasteiger partial charge in [-0.05, 0) is 44.4 Å². The zero-order valence-corrected chi connectivity index (χ0v) is 16.7. The number of piperidine rings is 1. The Morgan fingerprint density at radius 2 is 2.14 bits per heavy atom. The van der Waals surface area contributed by atoms with Crippen molar-refractivity contribution in [1.29, 1.82) is 0 Å². The van der Waals surface area contributed by atoms with Gasteiger partial charge in [0, 0.05) is 35.3 Å². The van der Waals surface area contributed by atoms with E-state index in [1.165, 1.54) is 0 Å². The van der Waals surface area contributed by atoms with Crippen LogP contribution < -0.4 is 5.32 Å². The first-order chi connectivity index (χ1) is 14.1. The number of aromatic nitrogens is 4. The second-order valence-corrected chi connectivity index (χ2v) is 9.33. The zero-order valence-electron chi connectivity index (χ0n) is 15.8. The van der Waals surface area contributed by atoms with E-state index in [1.807, 2.05) is 35.9 Å². The fourth-order valence-corrected chi connectivity index (χ4v) is 5.73. The Kier molecular flexibility index (Phi) is 3.70. The van der Waals surface area contributed by atoms with E-state index in [0.29, 0.717) is 22.9 Å². The smallest absolute Gasteiger partial charge is 0.162 e. The largest absolute Gasteiger partial charge is 0.507 e. The van der Waals surface area contributed by atoms with Crippen molar-refractivity contribution >= 4 is 32.6 Å². The van der Waals surface area contributed by atoms with Crippen molar-refractivity contribution < 1.29 is 9.50 Å². The fourth-order valence-electron chi connectivity index (χ4n) is 4.88. The minimum Gasteiger partial charge on any atom is -0.507 e. The first-order valence-electron chi connectivity index (χ1n) is 9.92. The molecule has 2 N–H and O–H groups in total. The molecule has 2 aliphatic heterocycles. The normalized spacial score (nSPS) is 26.6. The summed E-state index contributed by atoms with van der Waals surface area (Å²) in [6.45, 7) is 1.95. The van der Waals surface area contributed by atoms with E-state index < -0.39 is 6.17 Å². The van der Waals surface area contributed by atoms with Crippen LogP contribution in [0.25, 0.3) is 32.5 Å². The molecule has 2 fully saturated rings. The van der Waals surface area contributed by atoms with Crippen molar-refractivity contribution in [2.45, 2.75) is 50.5 Å². The highest BCUT2D eigenvalue weighted by molar-refractivity contribution is 7.18. The summed E-state index contributed by atoms with van der Waals surface area (Å²) in [4.78, 5) is 4.42. The number of fused-ring (bicyclic) bond motifs is 4. The van der Waals surface area contributed by atoms with Crippen LogP contribution in [0.1, 0.15) is 30.3 Å². The summed E-state index contributed by atoms with van der Waals surface area (Å²) in [5, 5.41) is 24.5. The maximum absolute atomic E-state index is 15.0. The van der Waals surface area contributed by atoms with Gasteiger partial charge in [0.05, 0.1) is 27.0 Å². The number of phenolic OH excluding ortho intramolecular Hbond substituents is 1. The number of halogens is 1. The molecule has 0 spiro atoms. The number of hydrogen-bond donors (Lipinski definition) is 2. The van der Waals surface area contributed by atoms with Crippen LogP contribution in [0.15, 0.2) is 30.5 Å². The van der Waals surface area contributed by atoms with E-state index in [1.54, 1.807) is 17.4 Å². The van der Waals surface area contributed by atoms with E-state index >= 15 is 4.39 Å². The molecule has 4 atom stereocenters. The molecule has 29 heavy (non-hydrogen) atoms. The standard InChI is InChI=1S/C21H20FN5OS/c1-10-23-16-9-18(28)13(8-19(16)29-10)15-6-11-4-5-27(21(11)26-25-15)17-7-12-2-3-14(24-12)20(17)22/h4-6,8-9,12,14,17,20,24,28H,2-3,7H2,1H3/t12-,14+,17-,20+/m0/s1. The lowest BCUT2D eigenvalue weighted by Gasteiger charge is -2.33. The van der Waals surface area contributed by atoms with Gasteiger partial charge in [-0.1, -0.05) is 0 Å². The van der Waals surface area contributed by atoms with Crippen LogP contribution >= 0.6 is 11.3 Å². The lowest BCUT2D eigenvalue weighted by Crippen LogP contribution is -2.47.